The smallest absolute Gasteiger partial charge is 0.244 e. The summed E-state index contributed by atoms with van der Waals surface area (Å²) in [5, 5.41) is 2.57. The molecule has 1 saturated heterocycles. The van der Waals surface area contributed by atoms with Crippen LogP contribution in [0.25, 0.3) is 0 Å². The molecule has 10 heteroatoms. The Morgan fingerprint density at radius 2 is 1.88 bits per heavy atom. The van der Waals surface area contributed by atoms with E-state index in [9.17, 15) is 22.4 Å². The van der Waals surface area contributed by atoms with Crippen LogP contribution in [0.3, 0.4) is 0 Å². The van der Waals surface area contributed by atoms with E-state index in [-0.39, 0.29) is 34.7 Å². The molecule has 0 bridgehead atoms. The van der Waals surface area contributed by atoms with Crippen molar-refractivity contribution < 1.29 is 22.4 Å². The second kappa shape index (κ2) is 10.1. The summed E-state index contributed by atoms with van der Waals surface area (Å²) in [7, 11) is -3.72. The molecule has 0 spiro atoms. The van der Waals surface area contributed by atoms with Crippen molar-refractivity contribution in [2.24, 2.45) is 5.92 Å². The maximum absolute atomic E-state index is 13.5. The van der Waals surface area contributed by atoms with Gasteiger partial charge in [-0.15, -0.1) is 11.8 Å². The maximum Gasteiger partial charge on any atom is 0.244 e. The van der Waals surface area contributed by atoms with Crippen LogP contribution in [0.2, 0.25) is 0 Å². The van der Waals surface area contributed by atoms with E-state index in [1.807, 2.05) is 6.92 Å². The Morgan fingerprint density at radius 3 is 2.59 bits per heavy atom. The van der Waals surface area contributed by atoms with Crippen molar-refractivity contribution in [3.63, 3.8) is 0 Å². The summed E-state index contributed by atoms with van der Waals surface area (Å²) < 4.78 is 41.6. The van der Waals surface area contributed by atoms with Crippen molar-refractivity contribution in [3.05, 3.63) is 48.3 Å². The molecule has 7 nitrogen and oxygen atoms in total. The highest BCUT2D eigenvalue weighted by molar-refractivity contribution is 8.00. The van der Waals surface area contributed by atoms with Crippen molar-refractivity contribution in [3.8, 4) is 0 Å². The lowest BCUT2D eigenvalue weighted by Crippen LogP contribution is -2.39. The van der Waals surface area contributed by atoms with Gasteiger partial charge in [-0.25, -0.2) is 12.8 Å². The fourth-order valence-corrected chi connectivity index (χ4v) is 6.76. The number of hydrogen-bond acceptors (Lipinski definition) is 5. The predicted octanol–water partition coefficient (Wildman–Crippen LogP) is 4.10. The van der Waals surface area contributed by atoms with Gasteiger partial charge in [0.15, 0.2) is 0 Å². The first kappa shape index (κ1) is 24.7. The molecular formula is C24H28FN3O4S2. The number of nitrogens with zero attached hydrogens (tertiary/aromatic N) is 2. The molecule has 2 aromatic rings. The van der Waals surface area contributed by atoms with E-state index in [1.165, 1.54) is 45.2 Å². The number of amides is 2. The van der Waals surface area contributed by atoms with Crippen LogP contribution in [-0.4, -0.2) is 49.4 Å². The van der Waals surface area contributed by atoms with Gasteiger partial charge in [0.1, 0.15) is 12.4 Å². The van der Waals surface area contributed by atoms with Gasteiger partial charge in [-0.1, -0.05) is 19.9 Å². The summed E-state index contributed by atoms with van der Waals surface area (Å²) >= 11 is 1.48. The highest BCUT2D eigenvalue weighted by atomic mass is 32.2. The molecule has 0 aromatic heterocycles. The molecule has 34 heavy (non-hydrogen) atoms. The van der Waals surface area contributed by atoms with Gasteiger partial charge in [-0.05, 0) is 55.2 Å². The summed E-state index contributed by atoms with van der Waals surface area (Å²) in [4.78, 5) is 28.0. The molecule has 1 atom stereocenters. The number of anilines is 2. The number of halogens is 1. The van der Waals surface area contributed by atoms with Gasteiger partial charge in [0.2, 0.25) is 21.8 Å². The standard InChI is InChI=1S/C24H28FN3O4S2/c1-16-8-10-27(11-9-16)34(31,32)20-6-7-22-21(14-20)28(24(30)12-17(2)33-22)15-23(29)26-19-5-3-4-18(25)13-19/h3-7,13-14,16-17H,8-12,15H2,1-2H3,(H,26,29). The van der Waals surface area contributed by atoms with Crippen LogP contribution in [0.15, 0.2) is 52.3 Å². The number of thioether (sulfide) groups is 1. The topological polar surface area (TPSA) is 86.8 Å². The second-order valence-corrected chi connectivity index (χ2v) is 12.3. The monoisotopic (exact) mass is 505 g/mol. The van der Waals surface area contributed by atoms with E-state index < -0.39 is 21.7 Å². The summed E-state index contributed by atoms with van der Waals surface area (Å²) in [6, 6.07) is 10.3. The second-order valence-electron chi connectivity index (χ2n) is 8.89. The van der Waals surface area contributed by atoms with Crippen LogP contribution in [0, 0.1) is 11.7 Å². The average Bonchev–Trinajstić information content (AvgIpc) is 2.89. The number of rotatable bonds is 5. The molecule has 0 saturated carbocycles. The molecule has 2 heterocycles. The molecule has 1 fully saturated rings. The Labute approximate surface area is 203 Å². The lowest BCUT2D eigenvalue weighted by Gasteiger charge is -2.30. The number of nitrogens with one attached hydrogen (secondary N) is 1. The fourth-order valence-electron chi connectivity index (χ4n) is 4.18. The summed E-state index contributed by atoms with van der Waals surface area (Å²) in [6.07, 6.45) is 1.82. The Kier molecular flexibility index (Phi) is 7.30. The summed E-state index contributed by atoms with van der Waals surface area (Å²) in [6.45, 7) is 4.65. The van der Waals surface area contributed by atoms with Crippen molar-refractivity contribution in [2.75, 3.05) is 29.9 Å². The van der Waals surface area contributed by atoms with E-state index in [2.05, 4.69) is 12.2 Å². The zero-order valence-corrected chi connectivity index (χ0v) is 20.8. The van der Waals surface area contributed by atoms with Gasteiger partial charge in [-0.2, -0.15) is 4.31 Å². The molecule has 0 aliphatic carbocycles. The molecule has 2 aliphatic rings. The molecular weight excluding hydrogens is 477 g/mol. The third-order valence-corrected chi connectivity index (χ3v) is 9.17. The predicted molar refractivity (Wildman–Crippen MR) is 131 cm³/mol. The van der Waals surface area contributed by atoms with Crippen molar-refractivity contribution in [1.29, 1.82) is 0 Å². The normalized spacial score (nSPS) is 20.0. The first-order valence-electron chi connectivity index (χ1n) is 11.3. The zero-order chi connectivity index (χ0) is 24.5. The Hall–Kier alpha value is -2.43. The van der Waals surface area contributed by atoms with Gasteiger partial charge in [0, 0.05) is 35.3 Å². The lowest BCUT2D eigenvalue weighted by atomic mass is 10.0. The van der Waals surface area contributed by atoms with Gasteiger partial charge >= 0.3 is 0 Å². The number of carbonyl (C=O) groups excluding carboxylic acids is 2. The van der Waals surface area contributed by atoms with Gasteiger partial charge < -0.3 is 10.2 Å². The van der Waals surface area contributed by atoms with Crippen molar-refractivity contribution in [2.45, 2.75) is 48.2 Å². The van der Waals surface area contributed by atoms with E-state index in [0.717, 1.165) is 17.7 Å². The Morgan fingerprint density at radius 1 is 1.15 bits per heavy atom. The third-order valence-electron chi connectivity index (χ3n) is 6.10. The van der Waals surface area contributed by atoms with Gasteiger partial charge in [-0.3, -0.25) is 9.59 Å². The molecule has 0 radical (unpaired) electrons. The van der Waals surface area contributed by atoms with Crippen LogP contribution in [0.5, 0.6) is 0 Å². The van der Waals surface area contributed by atoms with E-state index in [4.69, 9.17) is 0 Å². The Bertz CT molecular complexity index is 1200. The highest BCUT2D eigenvalue weighted by Crippen LogP contribution is 2.40. The fraction of sp³-hybridized carbons (Fsp3) is 0.417. The van der Waals surface area contributed by atoms with Crippen LogP contribution < -0.4 is 10.2 Å². The number of piperidine rings is 1. The largest absolute Gasteiger partial charge is 0.324 e. The van der Waals surface area contributed by atoms with Crippen molar-refractivity contribution >= 4 is 45.0 Å². The number of carbonyl (C=O) groups is 2. The number of hydrogen-bond donors (Lipinski definition) is 1. The molecule has 2 aliphatic heterocycles. The van der Waals surface area contributed by atoms with Crippen LogP contribution in [-0.2, 0) is 19.6 Å². The highest BCUT2D eigenvalue weighted by Gasteiger charge is 2.32. The minimum atomic E-state index is -3.72. The first-order chi connectivity index (χ1) is 16.1. The Balaban J connectivity index is 1.63. The molecule has 182 valence electrons. The molecule has 2 aromatic carbocycles. The zero-order valence-electron chi connectivity index (χ0n) is 19.2. The molecule has 2 amide bonds. The number of fused-ring (bicyclic) bond motifs is 1. The quantitative estimate of drug-likeness (QED) is 0.661. The third kappa shape index (κ3) is 5.45. The minimum absolute atomic E-state index is 0.0337. The van der Waals surface area contributed by atoms with E-state index >= 15 is 0 Å². The van der Waals surface area contributed by atoms with Crippen LogP contribution in [0.1, 0.15) is 33.1 Å². The first-order valence-corrected chi connectivity index (χ1v) is 13.6. The van der Waals surface area contributed by atoms with E-state index in [1.54, 1.807) is 18.2 Å². The lowest BCUT2D eigenvalue weighted by molar-refractivity contribution is -0.121. The minimum Gasteiger partial charge on any atom is -0.324 e. The van der Waals surface area contributed by atoms with Gasteiger partial charge in [0.25, 0.3) is 0 Å². The number of sulfonamides is 1. The van der Waals surface area contributed by atoms with E-state index in [0.29, 0.717) is 24.7 Å². The molecule has 1 unspecified atom stereocenters. The maximum atomic E-state index is 13.5. The van der Waals surface area contributed by atoms with Crippen molar-refractivity contribution in [1.82, 2.24) is 4.31 Å². The molecule has 1 N–H and O–H groups in total. The van der Waals surface area contributed by atoms with Crippen LogP contribution >= 0.6 is 11.8 Å². The van der Waals surface area contributed by atoms with Crippen LogP contribution in [0.4, 0.5) is 15.8 Å². The average molecular weight is 506 g/mol. The molecule has 4 rings (SSSR count). The summed E-state index contributed by atoms with van der Waals surface area (Å²) in [5.41, 5.74) is 0.686. The summed E-state index contributed by atoms with van der Waals surface area (Å²) in [5.74, 6) is -0.764. The number of benzene rings is 2. The SMILES string of the molecule is CC1CCN(S(=O)(=O)c2ccc3c(c2)N(CC(=O)Nc2cccc(F)c2)C(=O)CC(C)S3)CC1. The van der Waals surface area contributed by atoms with Gasteiger partial charge in [0.05, 0.1) is 10.6 Å².